The van der Waals surface area contributed by atoms with Crippen LogP contribution >= 0.6 is 15.2 Å². The Kier molecular flexibility index (Phi) is 11.3. The van der Waals surface area contributed by atoms with Gasteiger partial charge in [-0.3, -0.25) is 9.13 Å². The fourth-order valence-electron chi connectivity index (χ4n) is 4.10. The first-order valence-corrected chi connectivity index (χ1v) is 15.7. The molecular formula is C26H48O7P2. The van der Waals surface area contributed by atoms with Crippen molar-refractivity contribution in [1.29, 1.82) is 0 Å². The molecule has 9 heteroatoms. The van der Waals surface area contributed by atoms with Crippen LogP contribution in [0.1, 0.15) is 99.3 Å². The van der Waals surface area contributed by atoms with Gasteiger partial charge >= 0.3 is 15.2 Å². The molecular weight excluding hydrogens is 486 g/mol. The first kappa shape index (κ1) is 32.3. The summed E-state index contributed by atoms with van der Waals surface area (Å²) in [4.78, 5) is -1.53. The van der Waals surface area contributed by atoms with Crippen LogP contribution in [-0.4, -0.2) is 36.4 Å². The standard InChI is InChI=1S/C26H48O7P2/c1-12-30-34(28,31-13-2)26(11,35(29,32-14-3)33-15-4)17-16-20-18-21(24(5,6)7)23(27)22(19-20)25(8,9)10/h18-19,27H,12-17H2,1-11H3. The molecule has 0 saturated heterocycles. The maximum atomic E-state index is 14.1. The van der Waals surface area contributed by atoms with E-state index < -0.39 is 20.1 Å². The Morgan fingerprint density at radius 2 is 1.00 bits per heavy atom. The van der Waals surface area contributed by atoms with Crippen molar-refractivity contribution in [3.05, 3.63) is 28.8 Å². The van der Waals surface area contributed by atoms with Crippen molar-refractivity contribution in [3.8, 4) is 5.75 Å². The maximum absolute atomic E-state index is 14.1. The lowest BCUT2D eigenvalue weighted by Crippen LogP contribution is -2.31. The third-order valence-corrected chi connectivity index (χ3v) is 12.7. The zero-order chi connectivity index (χ0) is 27.3. The van der Waals surface area contributed by atoms with Gasteiger partial charge in [-0.2, -0.15) is 0 Å². The number of hydrogen-bond donors (Lipinski definition) is 1. The first-order valence-electron chi connectivity index (χ1n) is 12.6. The minimum absolute atomic E-state index is 0.132. The van der Waals surface area contributed by atoms with Crippen molar-refractivity contribution < 1.29 is 32.3 Å². The van der Waals surface area contributed by atoms with Gasteiger partial charge in [0.25, 0.3) is 0 Å². The van der Waals surface area contributed by atoms with Gasteiger partial charge in [0.2, 0.25) is 0 Å². The van der Waals surface area contributed by atoms with E-state index in [4.69, 9.17) is 18.1 Å². The summed E-state index contributed by atoms with van der Waals surface area (Å²) in [6.45, 7) is 21.4. The molecule has 204 valence electrons. The zero-order valence-corrected chi connectivity index (χ0v) is 25.5. The van der Waals surface area contributed by atoms with E-state index in [2.05, 4.69) is 41.5 Å². The number of phenols is 1. The molecule has 0 fully saturated rings. The molecule has 0 aliphatic carbocycles. The number of rotatable bonds is 13. The molecule has 0 atom stereocenters. The zero-order valence-electron chi connectivity index (χ0n) is 23.7. The fourth-order valence-corrected chi connectivity index (χ4v) is 9.38. The minimum atomic E-state index is -3.92. The summed E-state index contributed by atoms with van der Waals surface area (Å²) in [5, 5.41) is 11.1. The predicted octanol–water partition coefficient (Wildman–Crippen LogP) is 8.17. The third kappa shape index (κ3) is 7.21. The van der Waals surface area contributed by atoms with Gasteiger partial charge < -0.3 is 23.2 Å². The van der Waals surface area contributed by atoms with Gasteiger partial charge in [-0.15, -0.1) is 0 Å². The van der Waals surface area contributed by atoms with Crippen LogP contribution in [0.3, 0.4) is 0 Å². The van der Waals surface area contributed by atoms with Gasteiger partial charge in [0, 0.05) is 0 Å². The molecule has 1 rings (SSSR count). The van der Waals surface area contributed by atoms with Crippen LogP contribution in [0.15, 0.2) is 12.1 Å². The highest BCUT2D eigenvalue weighted by molar-refractivity contribution is 7.74. The highest BCUT2D eigenvalue weighted by atomic mass is 31.2. The second-order valence-corrected chi connectivity index (χ2v) is 16.3. The van der Waals surface area contributed by atoms with Crippen LogP contribution < -0.4 is 0 Å². The quantitative estimate of drug-likeness (QED) is 0.255. The van der Waals surface area contributed by atoms with E-state index in [0.717, 1.165) is 16.7 Å². The van der Waals surface area contributed by atoms with Crippen molar-refractivity contribution in [2.45, 2.75) is 105 Å². The molecule has 1 N–H and O–H groups in total. The van der Waals surface area contributed by atoms with E-state index in [-0.39, 0.29) is 43.7 Å². The summed E-state index contributed by atoms with van der Waals surface area (Å²) in [7, 11) is -7.84. The molecule has 1 aromatic carbocycles. The number of aromatic hydroxyl groups is 1. The Balaban J connectivity index is 3.73. The fraction of sp³-hybridized carbons (Fsp3) is 0.769. The van der Waals surface area contributed by atoms with Crippen LogP contribution in [0.25, 0.3) is 0 Å². The molecule has 1 aromatic rings. The Hall–Kier alpha value is -0.680. The molecule has 0 aliphatic heterocycles. The predicted molar refractivity (Wildman–Crippen MR) is 144 cm³/mol. The lowest BCUT2D eigenvalue weighted by atomic mass is 9.78. The van der Waals surface area contributed by atoms with Gasteiger partial charge in [-0.05, 0) is 75.0 Å². The average Bonchev–Trinajstić information content (AvgIpc) is 2.71. The maximum Gasteiger partial charge on any atom is 0.348 e. The summed E-state index contributed by atoms with van der Waals surface area (Å²) < 4.78 is 51.1. The molecule has 0 aromatic heterocycles. The van der Waals surface area contributed by atoms with Crippen molar-refractivity contribution in [2.75, 3.05) is 26.4 Å². The molecule has 0 aliphatic rings. The molecule has 0 saturated carbocycles. The van der Waals surface area contributed by atoms with Gasteiger partial charge in [0.1, 0.15) is 5.75 Å². The van der Waals surface area contributed by atoms with Gasteiger partial charge in [0.05, 0.1) is 26.4 Å². The van der Waals surface area contributed by atoms with Crippen LogP contribution in [-0.2, 0) is 44.5 Å². The Labute approximate surface area is 213 Å². The highest BCUT2D eigenvalue weighted by Crippen LogP contribution is 2.79. The van der Waals surface area contributed by atoms with E-state index in [0.29, 0.717) is 12.2 Å². The lowest BCUT2D eigenvalue weighted by Gasteiger charge is -2.40. The van der Waals surface area contributed by atoms with Crippen LogP contribution in [0.2, 0.25) is 0 Å². The van der Waals surface area contributed by atoms with E-state index in [1.807, 2.05) is 12.1 Å². The second-order valence-electron chi connectivity index (χ2n) is 10.9. The summed E-state index contributed by atoms with van der Waals surface area (Å²) >= 11 is 0. The Morgan fingerprint density at radius 1 is 0.686 bits per heavy atom. The van der Waals surface area contributed by atoms with E-state index in [9.17, 15) is 14.2 Å². The molecule has 0 bridgehead atoms. The van der Waals surface area contributed by atoms with Crippen LogP contribution in [0.5, 0.6) is 5.75 Å². The second kappa shape index (κ2) is 12.2. The van der Waals surface area contributed by atoms with Crippen molar-refractivity contribution in [2.24, 2.45) is 0 Å². The molecule has 0 amide bonds. The van der Waals surface area contributed by atoms with E-state index in [1.54, 1.807) is 34.6 Å². The minimum Gasteiger partial charge on any atom is -0.507 e. The van der Waals surface area contributed by atoms with Gasteiger partial charge in [0.15, 0.2) is 4.90 Å². The molecule has 35 heavy (non-hydrogen) atoms. The molecule has 0 heterocycles. The van der Waals surface area contributed by atoms with Crippen molar-refractivity contribution in [3.63, 3.8) is 0 Å². The summed E-state index contributed by atoms with van der Waals surface area (Å²) in [6.07, 6.45) is 0.594. The highest BCUT2D eigenvalue weighted by Gasteiger charge is 2.61. The van der Waals surface area contributed by atoms with Crippen LogP contribution in [0, 0.1) is 0 Å². The number of aryl methyl sites for hydroxylation is 1. The van der Waals surface area contributed by atoms with Crippen molar-refractivity contribution >= 4 is 15.2 Å². The average molecular weight is 535 g/mol. The molecule has 0 radical (unpaired) electrons. The Morgan fingerprint density at radius 3 is 1.26 bits per heavy atom. The van der Waals surface area contributed by atoms with Gasteiger partial charge in [-0.25, -0.2) is 0 Å². The van der Waals surface area contributed by atoms with Crippen LogP contribution in [0.4, 0.5) is 0 Å². The summed E-state index contributed by atoms with van der Waals surface area (Å²) in [5.74, 6) is 0.292. The Bertz CT molecular complexity index is 844. The largest absolute Gasteiger partial charge is 0.507 e. The summed E-state index contributed by atoms with van der Waals surface area (Å²) in [6, 6.07) is 3.95. The first-order chi connectivity index (χ1) is 16.0. The summed E-state index contributed by atoms with van der Waals surface area (Å²) in [5.41, 5.74) is 2.01. The molecule has 0 spiro atoms. The number of phenolic OH excluding ortho intramolecular Hbond substituents is 1. The normalized spacial score (nSPS) is 13.9. The molecule has 0 unspecified atom stereocenters. The SMILES string of the molecule is CCOP(=O)(OCC)C(C)(CCc1cc(C(C)(C)C)c(O)c(C(C)(C)C)c1)P(=O)(OCC)OCC. The number of benzene rings is 1. The van der Waals surface area contributed by atoms with E-state index >= 15 is 0 Å². The van der Waals surface area contributed by atoms with Gasteiger partial charge in [-0.1, -0.05) is 53.7 Å². The molecule has 7 nitrogen and oxygen atoms in total. The van der Waals surface area contributed by atoms with E-state index in [1.165, 1.54) is 0 Å². The topological polar surface area (TPSA) is 91.3 Å². The third-order valence-electron chi connectivity index (χ3n) is 6.05. The lowest BCUT2D eigenvalue weighted by molar-refractivity contribution is 0.177. The van der Waals surface area contributed by atoms with Crippen molar-refractivity contribution in [1.82, 2.24) is 0 Å². The number of hydrogen-bond acceptors (Lipinski definition) is 7. The monoisotopic (exact) mass is 534 g/mol. The smallest absolute Gasteiger partial charge is 0.348 e.